The number of hydrogen-bond donors (Lipinski definition) is 1. The fraction of sp³-hybridized carbons (Fsp3) is 0.800. The van der Waals surface area contributed by atoms with Crippen molar-refractivity contribution in [2.45, 2.75) is 46.1 Å². The van der Waals surface area contributed by atoms with Gasteiger partial charge in [0.1, 0.15) is 4.32 Å². The van der Waals surface area contributed by atoms with E-state index in [1.54, 1.807) is 0 Å². The van der Waals surface area contributed by atoms with Gasteiger partial charge in [0.25, 0.3) is 0 Å². The maximum absolute atomic E-state index is 11.6. The molecule has 3 nitrogen and oxygen atoms in total. The Morgan fingerprint density at radius 3 is 2.47 bits per heavy atom. The minimum Gasteiger partial charge on any atom is -0.449 e. The lowest BCUT2D eigenvalue weighted by Crippen LogP contribution is -2.40. The van der Waals surface area contributed by atoms with E-state index in [-0.39, 0.29) is 10.4 Å². The lowest BCUT2D eigenvalue weighted by Gasteiger charge is -2.26. The average molecular weight is 249 g/mol. The van der Waals surface area contributed by atoms with Crippen molar-refractivity contribution in [2.24, 2.45) is 0 Å². The van der Waals surface area contributed by atoms with E-state index in [1.165, 1.54) is 4.90 Å². The lowest BCUT2D eigenvalue weighted by atomic mass is 10.2. The van der Waals surface area contributed by atoms with Crippen LogP contribution in [-0.4, -0.2) is 28.0 Å². The Labute approximate surface area is 103 Å². The molecule has 0 fully saturated rings. The molecule has 0 aromatic carbocycles. The molecule has 0 saturated carbocycles. The Balaban J connectivity index is 4.37. The van der Waals surface area contributed by atoms with Crippen LogP contribution in [0.25, 0.3) is 0 Å². The van der Waals surface area contributed by atoms with Crippen LogP contribution in [0.3, 0.4) is 0 Å². The van der Waals surface area contributed by atoms with Crippen molar-refractivity contribution in [1.82, 2.24) is 4.90 Å². The van der Waals surface area contributed by atoms with Crippen LogP contribution in [0.5, 0.6) is 0 Å². The maximum Gasteiger partial charge on any atom is 0.415 e. The molecule has 1 atom stereocenters. The highest BCUT2D eigenvalue weighted by molar-refractivity contribution is 8.11. The number of amides is 1. The number of hydrogen-bond acceptors (Lipinski definition) is 3. The van der Waals surface area contributed by atoms with Crippen molar-refractivity contribution in [3.63, 3.8) is 0 Å². The van der Waals surface area contributed by atoms with Crippen molar-refractivity contribution >= 4 is 35.3 Å². The van der Waals surface area contributed by atoms with Crippen LogP contribution in [0.2, 0.25) is 0 Å². The number of thiocarbonyl (C=S) groups is 1. The van der Waals surface area contributed by atoms with Crippen molar-refractivity contribution in [3.8, 4) is 0 Å². The molecule has 15 heavy (non-hydrogen) atoms. The van der Waals surface area contributed by atoms with E-state index in [4.69, 9.17) is 17.0 Å². The lowest BCUT2D eigenvalue weighted by molar-refractivity contribution is 0.114. The van der Waals surface area contributed by atoms with E-state index in [0.29, 0.717) is 6.61 Å². The topological polar surface area (TPSA) is 29.5 Å². The third-order valence-electron chi connectivity index (χ3n) is 1.98. The summed E-state index contributed by atoms with van der Waals surface area (Å²) in [7, 11) is 0. The second kappa shape index (κ2) is 7.93. The number of carbonyl (C=O) groups excluding carboxylic acids is 1. The zero-order valence-corrected chi connectivity index (χ0v) is 11.2. The first-order valence-corrected chi connectivity index (χ1v) is 6.09. The molecule has 0 saturated heterocycles. The Morgan fingerprint density at radius 1 is 1.47 bits per heavy atom. The van der Waals surface area contributed by atoms with Crippen LogP contribution in [0, 0.1) is 0 Å². The summed E-state index contributed by atoms with van der Waals surface area (Å²) in [6.45, 7) is 6.38. The van der Waals surface area contributed by atoms with E-state index in [1.807, 2.05) is 13.8 Å². The highest BCUT2D eigenvalue weighted by atomic mass is 32.1. The monoisotopic (exact) mass is 249 g/mol. The molecule has 0 spiro atoms. The summed E-state index contributed by atoms with van der Waals surface area (Å²) in [5.41, 5.74) is 0. The molecule has 1 unspecified atom stereocenters. The van der Waals surface area contributed by atoms with Crippen LogP contribution < -0.4 is 0 Å². The summed E-state index contributed by atoms with van der Waals surface area (Å²) in [6, 6.07) is 0.0457. The molecule has 0 N–H and O–H groups in total. The van der Waals surface area contributed by atoms with Crippen molar-refractivity contribution in [1.29, 1.82) is 0 Å². The van der Waals surface area contributed by atoms with E-state index >= 15 is 0 Å². The Hall–Kier alpha value is -0.290. The van der Waals surface area contributed by atoms with Crippen LogP contribution in [0.15, 0.2) is 0 Å². The van der Waals surface area contributed by atoms with Gasteiger partial charge < -0.3 is 4.74 Å². The minimum atomic E-state index is -0.391. The molecule has 1 amide bonds. The molecule has 0 radical (unpaired) electrons. The summed E-state index contributed by atoms with van der Waals surface area (Å²) >= 11 is 8.97. The van der Waals surface area contributed by atoms with Gasteiger partial charge in [-0.1, -0.05) is 32.5 Å². The Morgan fingerprint density at radius 2 is 2.07 bits per heavy atom. The zero-order chi connectivity index (χ0) is 11.8. The quantitative estimate of drug-likeness (QED) is 0.599. The second-order valence-electron chi connectivity index (χ2n) is 3.40. The second-order valence-corrected chi connectivity index (χ2v) is 4.52. The number of carbonyl (C=O) groups is 1. The molecular formula is C10H19NO2S2. The van der Waals surface area contributed by atoms with Gasteiger partial charge in [-0.25, -0.2) is 4.79 Å². The Kier molecular flexibility index (Phi) is 7.78. The summed E-state index contributed by atoms with van der Waals surface area (Å²) in [5.74, 6) is 0. The normalized spacial score (nSPS) is 12.0. The summed E-state index contributed by atoms with van der Waals surface area (Å²) in [4.78, 5) is 13.1. The molecule has 5 heteroatoms. The first-order chi connectivity index (χ1) is 7.04. The Bertz CT molecular complexity index is 221. The highest BCUT2D eigenvalue weighted by Gasteiger charge is 2.22. The largest absolute Gasteiger partial charge is 0.449 e. The molecule has 0 rings (SSSR count). The van der Waals surface area contributed by atoms with E-state index in [2.05, 4.69) is 19.6 Å². The van der Waals surface area contributed by atoms with Gasteiger partial charge >= 0.3 is 6.09 Å². The number of nitrogens with zero attached hydrogens (tertiary/aromatic N) is 1. The van der Waals surface area contributed by atoms with Crippen molar-refractivity contribution < 1.29 is 9.53 Å². The van der Waals surface area contributed by atoms with Gasteiger partial charge in [-0.15, -0.1) is 12.6 Å². The SMILES string of the molecule is CCCOC(=O)N(C(=S)S)C(C)CCC. The van der Waals surface area contributed by atoms with Gasteiger partial charge in [0, 0.05) is 6.04 Å². The van der Waals surface area contributed by atoms with E-state index in [0.717, 1.165) is 19.3 Å². The van der Waals surface area contributed by atoms with Crippen LogP contribution in [-0.2, 0) is 4.74 Å². The van der Waals surface area contributed by atoms with Crippen LogP contribution in [0.1, 0.15) is 40.0 Å². The summed E-state index contributed by atoms with van der Waals surface area (Å²) < 4.78 is 5.31. The molecule has 0 aromatic heterocycles. The van der Waals surface area contributed by atoms with Crippen LogP contribution in [0.4, 0.5) is 4.79 Å². The van der Waals surface area contributed by atoms with Crippen LogP contribution >= 0.6 is 24.8 Å². The predicted molar refractivity (Wildman–Crippen MR) is 69.4 cm³/mol. The third-order valence-corrected chi connectivity index (χ3v) is 2.39. The van der Waals surface area contributed by atoms with Gasteiger partial charge in [0.15, 0.2) is 0 Å². The summed E-state index contributed by atoms with van der Waals surface area (Å²) in [6.07, 6.45) is 2.30. The molecule has 0 heterocycles. The van der Waals surface area contributed by atoms with Crippen molar-refractivity contribution in [2.75, 3.05) is 6.61 Å². The minimum absolute atomic E-state index is 0.0457. The van der Waals surface area contributed by atoms with Gasteiger partial charge in [-0.05, 0) is 19.8 Å². The fourth-order valence-electron chi connectivity index (χ4n) is 1.25. The van der Waals surface area contributed by atoms with E-state index in [9.17, 15) is 4.79 Å². The highest BCUT2D eigenvalue weighted by Crippen LogP contribution is 2.11. The number of ether oxygens (including phenoxy) is 1. The molecule has 88 valence electrons. The number of thiol groups is 1. The van der Waals surface area contributed by atoms with Crippen molar-refractivity contribution in [3.05, 3.63) is 0 Å². The van der Waals surface area contributed by atoms with Gasteiger partial charge in [-0.3, -0.25) is 4.90 Å². The number of rotatable bonds is 5. The van der Waals surface area contributed by atoms with Gasteiger partial charge in [0.2, 0.25) is 0 Å². The summed E-state index contributed by atoms with van der Waals surface area (Å²) in [5, 5.41) is 0. The first kappa shape index (κ1) is 14.7. The average Bonchev–Trinajstić information content (AvgIpc) is 2.14. The molecule has 0 aliphatic carbocycles. The molecule has 0 aliphatic heterocycles. The van der Waals surface area contributed by atoms with Gasteiger partial charge in [-0.2, -0.15) is 0 Å². The van der Waals surface area contributed by atoms with Gasteiger partial charge in [0.05, 0.1) is 6.61 Å². The maximum atomic E-state index is 11.6. The third kappa shape index (κ3) is 5.37. The fourth-order valence-corrected chi connectivity index (χ4v) is 1.79. The first-order valence-electron chi connectivity index (χ1n) is 5.23. The zero-order valence-electron chi connectivity index (χ0n) is 9.52. The molecule has 0 aliphatic rings. The predicted octanol–water partition coefficient (Wildman–Crippen LogP) is 3.24. The smallest absolute Gasteiger partial charge is 0.415 e. The molecule has 0 aromatic rings. The standard InChI is InChI=1S/C10H19NO2S2/c1-4-6-8(3)11(10(14)15)9(12)13-7-5-2/h8H,4-7H2,1-3H3,(H,14,15). The molecular weight excluding hydrogens is 230 g/mol. The molecule has 0 bridgehead atoms. The van der Waals surface area contributed by atoms with E-state index < -0.39 is 6.09 Å².